The number of nitrogen functional groups attached to an aromatic ring is 1. The topological polar surface area (TPSA) is 55.6 Å². The number of anilines is 1. The molecule has 110 valence electrons. The van der Waals surface area contributed by atoms with Crippen molar-refractivity contribution >= 4 is 11.6 Å². The molecule has 0 aliphatic carbocycles. The van der Waals surface area contributed by atoms with E-state index in [4.69, 9.17) is 10.5 Å². The van der Waals surface area contributed by atoms with Gasteiger partial charge in [0, 0.05) is 30.4 Å². The minimum atomic E-state index is 0.0665. The van der Waals surface area contributed by atoms with Gasteiger partial charge in [-0.1, -0.05) is 13.3 Å². The van der Waals surface area contributed by atoms with Crippen LogP contribution in [0.25, 0.3) is 0 Å². The van der Waals surface area contributed by atoms with Crippen molar-refractivity contribution in [3.8, 4) is 5.75 Å². The zero-order valence-electron chi connectivity index (χ0n) is 12.4. The molecule has 1 unspecified atom stereocenters. The van der Waals surface area contributed by atoms with E-state index in [9.17, 15) is 4.79 Å². The van der Waals surface area contributed by atoms with Crippen LogP contribution in [0, 0.1) is 5.92 Å². The van der Waals surface area contributed by atoms with Gasteiger partial charge in [-0.3, -0.25) is 4.79 Å². The summed E-state index contributed by atoms with van der Waals surface area (Å²) in [6.45, 7) is 6.39. The van der Waals surface area contributed by atoms with E-state index in [0.29, 0.717) is 29.5 Å². The Labute approximate surface area is 120 Å². The fourth-order valence-corrected chi connectivity index (χ4v) is 2.84. The van der Waals surface area contributed by atoms with Crippen LogP contribution < -0.4 is 10.5 Å². The molecule has 1 atom stereocenters. The Kier molecular flexibility index (Phi) is 4.88. The molecule has 0 saturated carbocycles. The van der Waals surface area contributed by atoms with E-state index in [0.717, 1.165) is 19.5 Å². The predicted octanol–water partition coefficient (Wildman–Crippen LogP) is 2.93. The third-order valence-corrected chi connectivity index (χ3v) is 3.76. The highest BCUT2D eigenvalue weighted by molar-refractivity contribution is 5.95. The van der Waals surface area contributed by atoms with Gasteiger partial charge in [0.2, 0.25) is 0 Å². The minimum Gasteiger partial charge on any atom is -0.494 e. The number of carbonyl (C=O) groups excluding carboxylic acids is 1. The molecule has 0 spiro atoms. The van der Waals surface area contributed by atoms with E-state index < -0.39 is 0 Å². The molecule has 0 radical (unpaired) electrons. The zero-order valence-corrected chi connectivity index (χ0v) is 12.4. The summed E-state index contributed by atoms with van der Waals surface area (Å²) in [5.41, 5.74) is 7.05. The Bertz CT molecular complexity index is 474. The van der Waals surface area contributed by atoms with Crippen molar-refractivity contribution in [2.24, 2.45) is 5.92 Å². The number of nitrogens with two attached hydrogens (primary N) is 1. The smallest absolute Gasteiger partial charge is 0.254 e. The van der Waals surface area contributed by atoms with Gasteiger partial charge in [-0.05, 0) is 37.8 Å². The fourth-order valence-electron chi connectivity index (χ4n) is 2.84. The molecule has 1 saturated heterocycles. The molecule has 1 amide bonds. The molecule has 1 aliphatic heterocycles. The van der Waals surface area contributed by atoms with Gasteiger partial charge < -0.3 is 15.4 Å². The van der Waals surface area contributed by atoms with Crippen LogP contribution in [0.5, 0.6) is 5.75 Å². The predicted molar refractivity (Wildman–Crippen MR) is 80.9 cm³/mol. The Balaban J connectivity index is 2.09. The lowest BCUT2D eigenvalue weighted by atomic mass is 10.0. The summed E-state index contributed by atoms with van der Waals surface area (Å²) in [4.78, 5) is 14.5. The van der Waals surface area contributed by atoms with Crippen molar-refractivity contribution in [2.75, 3.05) is 25.4 Å². The average molecular weight is 276 g/mol. The number of amides is 1. The summed E-state index contributed by atoms with van der Waals surface area (Å²) in [5, 5.41) is 0. The minimum absolute atomic E-state index is 0.0665. The molecule has 1 aliphatic rings. The standard InChI is InChI=1S/C16H24N2O2/c1-3-5-12-6-7-18(11-12)16(19)13-8-14(17)10-15(9-13)20-4-2/h8-10,12H,3-7,11,17H2,1-2H3. The molecule has 2 N–H and O–H groups in total. The van der Waals surface area contributed by atoms with Crippen molar-refractivity contribution in [1.82, 2.24) is 4.90 Å². The Hall–Kier alpha value is -1.71. The monoisotopic (exact) mass is 276 g/mol. The van der Waals surface area contributed by atoms with Crippen LogP contribution in [0.4, 0.5) is 5.69 Å². The SMILES string of the molecule is CCCC1CCN(C(=O)c2cc(N)cc(OCC)c2)C1. The first-order valence-electron chi connectivity index (χ1n) is 7.46. The highest BCUT2D eigenvalue weighted by atomic mass is 16.5. The fraction of sp³-hybridized carbons (Fsp3) is 0.562. The molecule has 1 heterocycles. The normalized spacial score (nSPS) is 18.3. The van der Waals surface area contributed by atoms with Crippen LogP contribution in [-0.2, 0) is 0 Å². The van der Waals surface area contributed by atoms with E-state index in [2.05, 4.69) is 6.92 Å². The molecule has 1 aromatic rings. The van der Waals surface area contributed by atoms with E-state index in [1.54, 1.807) is 18.2 Å². The quantitative estimate of drug-likeness (QED) is 0.841. The van der Waals surface area contributed by atoms with Crippen molar-refractivity contribution in [3.63, 3.8) is 0 Å². The van der Waals surface area contributed by atoms with Gasteiger partial charge in [0.05, 0.1) is 6.61 Å². The van der Waals surface area contributed by atoms with Gasteiger partial charge in [0.15, 0.2) is 0 Å². The highest BCUT2D eigenvalue weighted by Crippen LogP contribution is 2.25. The average Bonchev–Trinajstić information content (AvgIpc) is 2.86. The first kappa shape index (κ1) is 14.7. The lowest BCUT2D eigenvalue weighted by Gasteiger charge is -2.17. The number of nitrogens with zero attached hydrogens (tertiary/aromatic N) is 1. The highest BCUT2D eigenvalue weighted by Gasteiger charge is 2.26. The van der Waals surface area contributed by atoms with Crippen molar-refractivity contribution in [2.45, 2.75) is 33.1 Å². The van der Waals surface area contributed by atoms with E-state index in [1.807, 2.05) is 11.8 Å². The Morgan fingerprint density at radius 1 is 1.40 bits per heavy atom. The summed E-state index contributed by atoms with van der Waals surface area (Å²) in [6.07, 6.45) is 3.49. The second-order valence-corrected chi connectivity index (χ2v) is 5.42. The summed E-state index contributed by atoms with van der Waals surface area (Å²) in [6, 6.07) is 5.28. The maximum Gasteiger partial charge on any atom is 0.254 e. The summed E-state index contributed by atoms with van der Waals surface area (Å²) in [5.74, 6) is 1.38. The number of ether oxygens (including phenoxy) is 1. The number of hydrogen-bond donors (Lipinski definition) is 1. The van der Waals surface area contributed by atoms with Gasteiger partial charge in [-0.25, -0.2) is 0 Å². The van der Waals surface area contributed by atoms with Gasteiger partial charge >= 0.3 is 0 Å². The van der Waals surface area contributed by atoms with Gasteiger partial charge in [0.1, 0.15) is 5.75 Å². The second-order valence-electron chi connectivity index (χ2n) is 5.42. The lowest BCUT2D eigenvalue weighted by Crippen LogP contribution is -2.28. The van der Waals surface area contributed by atoms with Crippen LogP contribution in [0.1, 0.15) is 43.5 Å². The van der Waals surface area contributed by atoms with Crippen molar-refractivity contribution < 1.29 is 9.53 Å². The first-order chi connectivity index (χ1) is 9.63. The Morgan fingerprint density at radius 2 is 2.20 bits per heavy atom. The number of benzene rings is 1. The number of hydrogen-bond acceptors (Lipinski definition) is 3. The van der Waals surface area contributed by atoms with Gasteiger partial charge in [-0.2, -0.15) is 0 Å². The Morgan fingerprint density at radius 3 is 2.90 bits per heavy atom. The van der Waals surface area contributed by atoms with Crippen LogP contribution in [0.2, 0.25) is 0 Å². The molecule has 4 heteroatoms. The van der Waals surface area contributed by atoms with Crippen molar-refractivity contribution in [1.29, 1.82) is 0 Å². The third-order valence-electron chi connectivity index (χ3n) is 3.76. The maximum absolute atomic E-state index is 12.5. The first-order valence-corrected chi connectivity index (χ1v) is 7.46. The molecular weight excluding hydrogens is 252 g/mol. The summed E-state index contributed by atoms with van der Waals surface area (Å²) >= 11 is 0. The molecule has 1 fully saturated rings. The van der Waals surface area contributed by atoms with E-state index >= 15 is 0 Å². The van der Waals surface area contributed by atoms with E-state index in [1.165, 1.54) is 12.8 Å². The molecule has 20 heavy (non-hydrogen) atoms. The summed E-state index contributed by atoms with van der Waals surface area (Å²) in [7, 11) is 0. The molecule has 0 aromatic heterocycles. The van der Waals surface area contributed by atoms with Crippen molar-refractivity contribution in [3.05, 3.63) is 23.8 Å². The molecule has 4 nitrogen and oxygen atoms in total. The van der Waals surface area contributed by atoms with Crippen LogP contribution >= 0.6 is 0 Å². The van der Waals surface area contributed by atoms with Crippen LogP contribution in [0.3, 0.4) is 0 Å². The zero-order chi connectivity index (χ0) is 14.5. The second kappa shape index (κ2) is 6.64. The number of rotatable bonds is 5. The van der Waals surface area contributed by atoms with E-state index in [-0.39, 0.29) is 5.91 Å². The largest absolute Gasteiger partial charge is 0.494 e. The molecular formula is C16H24N2O2. The van der Waals surface area contributed by atoms with Crippen LogP contribution in [0.15, 0.2) is 18.2 Å². The van der Waals surface area contributed by atoms with Gasteiger partial charge in [-0.15, -0.1) is 0 Å². The molecule has 2 rings (SSSR count). The number of carbonyl (C=O) groups is 1. The van der Waals surface area contributed by atoms with Gasteiger partial charge in [0.25, 0.3) is 5.91 Å². The molecule has 0 bridgehead atoms. The van der Waals surface area contributed by atoms with Crippen LogP contribution in [-0.4, -0.2) is 30.5 Å². The molecule has 1 aromatic carbocycles. The summed E-state index contributed by atoms with van der Waals surface area (Å²) < 4.78 is 5.45. The third kappa shape index (κ3) is 3.44. The number of likely N-dealkylation sites (tertiary alicyclic amines) is 1. The lowest BCUT2D eigenvalue weighted by molar-refractivity contribution is 0.0786. The maximum atomic E-state index is 12.5.